The second kappa shape index (κ2) is 13.1. The Morgan fingerprint density at radius 3 is 2.46 bits per heavy atom. The molecule has 0 atom stereocenters. The number of halogens is 1. The minimum Gasteiger partial charge on any atom is -0.357 e. The van der Waals surface area contributed by atoms with E-state index in [0.29, 0.717) is 0 Å². The molecular weight excluding hydrogens is 441 g/mol. The van der Waals surface area contributed by atoms with Crippen LogP contribution in [0.2, 0.25) is 0 Å². The molecule has 1 aliphatic heterocycles. The second-order valence-electron chi connectivity index (χ2n) is 6.42. The quantitative estimate of drug-likeness (QED) is 0.352. The van der Waals surface area contributed by atoms with Crippen molar-refractivity contribution in [2.75, 3.05) is 64.3 Å². The monoisotopic (exact) mass is 475 g/mol. The van der Waals surface area contributed by atoms with Crippen LogP contribution in [0.25, 0.3) is 0 Å². The van der Waals surface area contributed by atoms with Gasteiger partial charge in [-0.05, 0) is 33.0 Å². The predicted molar refractivity (Wildman–Crippen MR) is 120 cm³/mol. The van der Waals surface area contributed by atoms with Gasteiger partial charge in [0.15, 0.2) is 5.96 Å². The van der Waals surface area contributed by atoms with E-state index in [1.165, 1.54) is 12.8 Å². The molecule has 1 fully saturated rings. The highest BCUT2D eigenvalue weighted by Crippen LogP contribution is 2.09. The molecule has 0 unspecified atom stereocenters. The Kier molecular flexibility index (Phi) is 11.5. The summed E-state index contributed by atoms with van der Waals surface area (Å²) in [7, 11) is 2.18. The Morgan fingerprint density at radius 2 is 1.85 bits per heavy atom. The van der Waals surface area contributed by atoms with Gasteiger partial charge in [0.1, 0.15) is 0 Å². The molecule has 1 saturated heterocycles. The number of aliphatic imine (C=N–C) groups is 1. The summed E-state index contributed by atoms with van der Waals surface area (Å²) in [5, 5.41) is 3.43. The number of aromatic nitrogens is 2. The van der Waals surface area contributed by atoms with Gasteiger partial charge < -0.3 is 20.0 Å². The number of nitrogens with zero attached hydrogens (tertiary/aromatic N) is 6. The molecule has 2 rings (SSSR count). The van der Waals surface area contributed by atoms with Gasteiger partial charge in [-0.25, -0.2) is 9.97 Å². The fourth-order valence-corrected chi connectivity index (χ4v) is 2.87. The molecule has 26 heavy (non-hydrogen) atoms. The van der Waals surface area contributed by atoms with Crippen LogP contribution in [-0.4, -0.2) is 85.1 Å². The number of unbranched alkanes of at least 4 members (excludes halogenated alkanes) is 1. The van der Waals surface area contributed by atoms with Gasteiger partial charge >= 0.3 is 0 Å². The lowest BCUT2D eigenvalue weighted by Crippen LogP contribution is -2.53. The van der Waals surface area contributed by atoms with Crippen molar-refractivity contribution < 1.29 is 0 Å². The van der Waals surface area contributed by atoms with Gasteiger partial charge in [-0.3, -0.25) is 4.99 Å². The third kappa shape index (κ3) is 7.61. The van der Waals surface area contributed by atoms with Crippen LogP contribution < -0.4 is 10.2 Å². The molecule has 0 aromatic carbocycles. The lowest BCUT2D eigenvalue weighted by molar-refractivity contribution is 0.334. The molecule has 1 aromatic rings. The largest absolute Gasteiger partial charge is 0.357 e. The molecule has 1 N–H and O–H groups in total. The fraction of sp³-hybridized carbons (Fsp3) is 0.722. The Labute approximate surface area is 175 Å². The van der Waals surface area contributed by atoms with E-state index < -0.39 is 0 Å². The zero-order valence-electron chi connectivity index (χ0n) is 16.4. The van der Waals surface area contributed by atoms with Gasteiger partial charge in [-0.15, -0.1) is 24.0 Å². The Balaban J connectivity index is 0.00000338. The number of anilines is 1. The highest BCUT2D eigenvalue weighted by Gasteiger charge is 2.20. The molecule has 7 nitrogen and oxygen atoms in total. The summed E-state index contributed by atoms with van der Waals surface area (Å²) in [5.74, 6) is 1.85. The highest BCUT2D eigenvalue weighted by molar-refractivity contribution is 14.0. The van der Waals surface area contributed by atoms with Crippen molar-refractivity contribution in [1.29, 1.82) is 0 Å². The van der Waals surface area contributed by atoms with Gasteiger partial charge in [-0.1, -0.05) is 13.3 Å². The normalized spacial score (nSPS) is 15.2. The van der Waals surface area contributed by atoms with Gasteiger partial charge in [-0.2, -0.15) is 0 Å². The Hall–Kier alpha value is -1.16. The van der Waals surface area contributed by atoms with Crippen molar-refractivity contribution in [2.45, 2.75) is 26.7 Å². The first-order chi connectivity index (χ1) is 12.2. The maximum Gasteiger partial charge on any atom is 0.225 e. The lowest BCUT2D eigenvalue weighted by Gasteiger charge is -2.36. The first-order valence-corrected chi connectivity index (χ1v) is 9.48. The summed E-state index contributed by atoms with van der Waals surface area (Å²) in [4.78, 5) is 20.5. The van der Waals surface area contributed by atoms with Crippen molar-refractivity contribution in [3.05, 3.63) is 18.5 Å². The van der Waals surface area contributed by atoms with Crippen LogP contribution in [0.1, 0.15) is 26.7 Å². The van der Waals surface area contributed by atoms with Crippen LogP contribution in [0.15, 0.2) is 23.5 Å². The Bertz CT molecular complexity index is 504. The summed E-state index contributed by atoms with van der Waals surface area (Å²) < 4.78 is 0. The zero-order chi connectivity index (χ0) is 17.9. The van der Waals surface area contributed by atoms with E-state index in [1.807, 2.05) is 6.07 Å². The molecule has 2 heterocycles. The summed E-state index contributed by atoms with van der Waals surface area (Å²) in [6.07, 6.45) is 6.10. The van der Waals surface area contributed by atoms with Crippen molar-refractivity contribution in [1.82, 2.24) is 25.1 Å². The molecule has 0 spiro atoms. The van der Waals surface area contributed by atoms with E-state index in [4.69, 9.17) is 4.99 Å². The van der Waals surface area contributed by atoms with Crippen LogP contribution in [0.3, 0.4) is 0 Å². The third-order valence-corrected chi connectivity index (χ3v) is 4.39. The molecule has 0 saturated carbocycles. The topological polar surface area (TPSA) is 59.9 Å². The number of hydrogen-bond acceptors (Lipinski definition) is 5. The first-order valence-electron chi connectivity index (χ1n) is 9.48. The van der Waals surface area contributed by atoms with Crippen molar-refractivity contribution in [2.24, 2.45) is 4.99 Å². The van der Waals surface area contributed by atoms with Gasteiger partial charge in [0.25, 0.3) is 0 Å². The number of nitrogens with one attached hydrogen (secondary N) is 1. The van der Waals surface area contributed by atoms with Crippen LogP contribution in [0, 0.1) is 0 Å². The second-order valence-corrected chi connectivity index (χ2v) is 6.42. The molecule has 1 aliphatic rings. The van der Waals surface area contributed by atoms with Crippen molar-refractivity contribution in [3.8, 4) is 0 Å². The number of hydrogen-bond donors (Lipinski definition) is 1. The molecule has 0 amide bonds. The Morgan fingerprint density at radius 1 is 1.15 bits per heavy atom. The maximum atomic E-state index is 4.82. The molecule has 1 aromatic heterocycles. The molecule has 0 radical (unpaired) electrons. The maximum absolute atomic E-state index is 4.82. The standard InChI is InChI=1S/C18H33N7.HI/c1-4-6-11-23(3)12-10-22-17(19-5-2)24-13-15-25(16-14-24)18-20-8-7-9-21-18;/h7-9H,4-6,10-16H2,1-3H3,(H,19,22);1H. The van der Waals surface area contributed by atoms with Crippen molar-refractivity contribution in [3.63, 3.8) is 0 Å². The number of guanidine groups is 1. The minimum absolute atomic E-state index is 0. The SMILES string of the molecule is CCCCN(C)CCN=C(NCC)N1CCN(c2ncccn2)CC1.I. The molecular formula is C18H34IN7. The smallest absolute Gasteiger partial charge is 0.225 e. The van der Waals surface area contributed by atoms with E-state index >= 15 is 0 Å². The average Bonchev–Trinajstić information content (AvgIpc) is 2.66. The van der Waals surface area contributed by atoms with Crippen LogP contribution in [-0.2, 0) is 0 Å². The third-order valence-electron chi connectivity index (χ3n) is 4.39. The van der Waals surface area contributed by atoms with Gasteiger partial charge in [0, 0.05) is 51.7 Å². The van der Waals surface area contributed by atoms with Gasteiger partial charge in [0.2, 0.25) is 5.95 Å². The summed E-state index contributed by atoms with van der Waals surface area (Å²) in [6.45, 7) is 12.0. The van der Waals surface area contributed by atoms with Crippen LogP contribution >= 0.6 is 24.0 Å². The van der Waals surface area contributed by atoms with E-state index in [-0.39, 0.29) is 24.0 Å². The fourth-order valence-electron chi connectivity index (χ4n) is 2.87. The first kappa shape index (κ1) is 22.9. The lowest BCUT2D eigenvalue weighted by atomic mass is 10.3. The van der Waals surface area contributed by atoms with E-state index in [2.05, 4.69) is 50.9 Å². The number of rotatable bonds is 8. The summed E-state index contributed by atoms with van der Waals surface area (Å²) in [5.41, 5.74) is 0. The summed E-state index contributed by atoms with van der Waals surface area (Å²) >= 11 is 0. The van der Waals surface area contributed by atoms with Crippen LogP contribution in [0.4, 0.5) is 5.95 Å². The predicted octanol–water partition coefficient (Wildman–Crippen LogP) is 1.91. The summed E-state index contributed by atoms with van der Waals surface area (Å²) in [6, 6.07) is 1.85. The van der Waals surface area contributed by atoms with E-state index in [1.54, 1.807) is 12.4 Å². The number of likely N-dealkylation sites (N-methyl/N-ethyl adjacent to an activating group) is 1. The van der Waals surface area contributed by atoms with E-state index in [9.17, 15) is 0 Å². The molecule has 8 heteroatoms. The molecule has 0 bridgehead atoms. The number of piperazine rings is 1. The molecule has 148 valence electrons. The zero-order valence-corrected chi connectivity index (χ0v) is 18.7. The van der Waals surface area contributed by atoms with Crippen LogP contribution in [0.5, 0.6) is 0 Å². The highest BCUT2D eigenvalue weighted by atomic mass is 127. The van der Waals surface area contributed by atoms with E-state index in [0.717, 1.165) is 64.3 Å². The van der Waals surface area contributed by atoms with Crippen molar-refractivity contribution >= 4 is 35.9 Å². The molecule has 0 aliphatic carbocycles. The average molecular weight is 475 g/mol. The van der Waals surface area contributed by atoms with Gasteiger partial charge in [0.05, 0.1) is 6.54 Å². The minimum atomic E-state index is 0.